The first kappa shape index (κ1) is 17.3. The zero-order chi connectivity index (χ0) is 18.1. The van der Waals surface area contributed by atoms with Crippen LogP contribution >= 0.6 is 0 Å². The fourth-order valence-electron chi connectivity index (χ4n) is 4.37. The topological polar surface area (TPSA) is 3.24 Å². The fourth-order valence-corrected chi connectivity index (χ4v) is 4.37. The first-order valence-corrected chi connectivity index (χ1v) is 9.15. The molecule has 2 atom stereocenters. The zero-order valence-corrected chi connectivity index (χ0v) is 14.5. The van der Waals surface area contributed by atoms with E-state index in [0.29, 0.717) is 24.1 Å². The number of benzene rings is 2. The highest BCUT2D eigenvalue weighted by atomic mass is 19.4. The quantitative estimate of drug-likeness (QED) is 0.643. The average Bonchev–Trinajstić information content (AvgIpc) is 2.85. The highest BCUT2D eigenvalue weighted by molar-refractivity contribution is 5.35. The Balaban J connectivity index is 1.52. The third-order valence-corrected chi connectivity index (χ3v) is 5.56. The molecule has 2 unspecified atom stereocenters. The van der Waals surface area contributed by atoms with E-state index in [1.807, 2.05) is 6.07 Å². The Morgan fingerprint density at radius 1 is 0.923 bits per heavy atom. The van der Waals surface area contributed by atoms with Crippen molar-refractivity contribution < 1.29 is 13.2 Å². The third kappa shape index (κ3) is 3.56. The van der Waals surface area contributed by atoms with Crippen LogP contribution in [0.4, 0.5) is 13.2 Å². The summed E-state index contributed by atoms with van der Waals surface area (Å²) in [5.41, 5.74) is 2.34. The lowest BCUT2D eigenvalue weighted by atomic mass is 9.92. The van der Waals surface area contributed by atoms with Gasteiger partial charge in [-0.2, -0.15) is 13.2 Å². The lowest BCUT2D eigenvalue weighted by Gasteiger charge is -2.34. The highest BCUT2D eigenvalue weighted by Crippen LogP contribution is 2.38. The predicted octanol–water partition coefficient (Wildman–Crippen LogP) is 5.61. The molecule has 2 aromatic carbocycles. The molecular formula is C22H22F3N. The van der Waals surface area contributed by atoms with Gasteiger partial charge in [0.25, 0.3) is 0 Å². The van der Waals surface area contributed by atoms with Crippen LogP contribution in [0.1, 0.15) is 36.0 Å². The van der Waals surface area contributed by atoms with Crippen molar-refractivity contribution in [2.45, 2.75) is 50.5 Å². The van der Waals surface area contributed by atoms with Gasteiger partial charge in [-0.1, -0.05) is 60.2 Å². The lowest BCUT2D eigenvalue weighted by Crippen LogP contribution is -2.38. The number of nitrogens with zero attached hydrogens (tertiary/aromatic N) is 1. The minimum atomic E-state index is -4.29. The van der Waals surface area contributed by atoms with Gasteiger partial charge in [0.2, 0.25) is 0 Å². The Hall–Kier alpha value is -2.07. The number of hydrogen-bond acceptors (Lipinski definition) is 1. The van der Waals surface area contributed by atoms with Crippen LogP contribution in [0.25, 0.3) is 0 Å². The summed E-state index contributed by atoms with van der Waals surface area (Å²) in [5.74, 6) is 0. The molecular weight excluding hydrogens is 335 g/mol. The first-order chi connectivity index (χ1) is 12.5. The van der Waals surface area contributed by atoms with Crippen LogP contribution in [-0.2, 0) is 19.1 Å². The van der Waals surface area contributed by atoms with Crippen LogP contribution in [0.2, 0.25) is 0 Å². The maximum Gasteiger partial charge on any atom is 0.416 e. The minimum Gasteiger partial charge on any atom is -0.289 e. The average molecular weight is 357 g/mol. The Bertz CT molecular complexity index is 795. The maximum atomic E-state index is 13.2. The standard InChI is InChI=1S/C22H22F3N/c23-22(24,25)21-9-5-4-8-18(21)12-17-13-19-10-11-20(14-17)26(19)15-16-6-2-1-3-7-16/h1-9,13,19-20H,10-12,14-15H2. The molecule has 2 aromatic rings. The zero-order valence-electron chi connectivity index (χ0n) is 14.5. The smallest absolute Gasteiger partial charge is 0.289 e. The van der Waals surface area contributed by atoms with Crippen molar-refractivity contribution in [3.05, 3.63) is 82.9 Å². The largest absolute Gasteiger partial charge is 0.416 e. The van der Waals surface area contributed by atoms with Crippen molar-refractivity contribution in [1.82, 2.24) is 4.90 Å². The lowest BCUT2D eigenvalue weighted by molar-refractivity contribution is -0.138. The summed E-state index contributed by atoms with van der Waals surface area (Å²) in [6.45, 7) is 0.916. The van der Waals surface area contributed by atoms with E-state index in [1.54, 1.807) is 12.1 Å². The normalized spacial score (nSPS) is 23.1. The van der Waals surface area contributed by atoms with Gasteiger partial charge in [0.15, 0.2) is 0 Å². The Labute approximate surface area is 152 Å². The predicted molar refractivity (Wildman–Crippen MR) is 96.6 cm³/mol. The van der Waals surface area contributed by atoms with E-state index in [0.717, 1.165) is 31.4 Å². The Kier molecular flexibility index (Phi) is 4.62. The summed E-state index contributed by atoms with van der Waals surface area (Å²) >= 11 is 0. The van der Waals surface area contributed by atoms with E-state index in [-0.39, 0.29) is 0 Å². The monoisotopic (exact) mass is 357 g/mol. The molecule has 0 amide bonds. The molecule has 4 heteroatoms. The summed E-state index contributed by atoms with van der Waals surface area (Å²) in [7, 11) is 0. The van der Waals surface area contributed by atoms with E-state index in [2.05, 4.69) is 35.2 Å². The van der Waals surface area contributed by atoms with Crippen LogP contribution in [0.5, 0.6) is 0 Å². The van der Waals surface area contributed by atoms with Gasteiger partial charge in [-0.15, -0.1) is 0 Å². The van der Waals surface area contributed by atoms with Gasteiger partial charge in [0.1, 0.15) is 0 Å². The molecule has 2 heterocycles. The molecule has 26 heavy (non-hydrogen) atoms. The van der Waals surface area contributed by atoms with Crippen molar-refractivity contribution in [1.29, 1.82) is 0 Å². The third-order valence-electron chi connectivity index (χ3n) is 5.56. The van der Waals surface area contributed by atoms with Gasteiger partial charge >= 0.3 is 6.18 Å². The fraction of sp³-hybridized carbons (Fsp3) is 0.364. The molecule has 1 nitrogen and oxygen atoms in total. The van der Waals surface area contributed by atoms with Gasteiger partial charge in [0.05, 0.1) is 5.56 Å². The van der Waals surface area contributed by atoms with Crippen LogP contribution in [-0.4, -0.2) is 17.0 Å². The number of fused-ring (bicyclic) bond motifs is 2. The van der Waals surface area contributed by atoms with E-state index in [1.165, 1.54) is 17.7 Å². The van der Waals surface area contributed by atoms with E-state index in [4.69, 9.17) is 0 Å². The number of alkyl halides is 3. The van der Waals surface area contributed by atoms with Gasteiger partial charge in [-0.3, -0.25) is 4.90 Å². The SMILES string of the molecule is FC(F)(F)c1ccccc1CC1=CC2CCC(C1)N2Cc1ccccc1. The van der Waals surface area contributed by atoms with Crippen molar-refractivity contribution in [2.75, 3.05) is 0 Å². The summed E-state index contributed by atoms with van der Waals surface area (Å²) in [5, 5.41) is 0. The molecule has 1 fully saturated rings. The second-order valence-electron chi connectivity index (χ2n) is 7.32. The molecule has 0 N–H and O–H groups in total. The molecule has 2 aliphatic rings. The molecule has 0 saturated carbocycles. The Morgan fingerprint density at radius 3 is 2.38 bits per heavy atom. The molecule has 1 saturated heterocycles. The van der Waals surface area contributed by atoms with Gasteiger partial charge < -0.3 is 0 Å². The van der Waals surface area contributed by atoms with Crippen molar-refractivity contribution in [3.8, 4) is 0 Å². The second-order valence-corrected chi connectivity index (χ2v) is 7.32. The van der Waals surface area contributed by atoms with E-state index < -0.39 is 11.7 Å². The molecule has 136 valence electrons. The molecule has 0 radical (unpaired) electrons. The van der Waals surface area contributed by atoms with Crippen LogP contribution < -0.4 is 0 Å². The Morgan fingerprint density at radius 2 is 1.65 bits per heavy atom. The van der Waals surface area contributed by atoms with Crippen LogP contribution in [0.3, 0.4) is 0 Å². The summed E-state index contributed by atoms with van der Waals surface area (Å²) in [4.78, 5) is 2.51. The van der Waals surface area contributed by atoms with Crippen LogP contribution in [0.15, 0.2) is 66.2 Å². The molecule has 4 rings (SSSR count). The second kappa shape index (κ2) is 6.92. The molecule has 0 spiro atoms. The van der Waals surface area contributed by atoms with Crippen molar-refractivity contribution >= 4 is 0 Å². The molecule has 2 aliphatic heterocycles. The summed E-state index contributed by atoms with van der Waals surface area (Å²) < 4.78 is 39.7. The van der Waals surface area contributed by atoms with E-state index >= 15 is 0 Å². The van der Waals surface area contributed by atoms with Gasteiger partial charge in [-0.25, -0.2) is 0 Å². The number of rotatable bonds is 4. The van der Waals surface area contributed by atoms with Crippen LogP contribution in [0, 0.1) is 0 Å². The highest BCUT2D eigenvalue weighted by Gasteiger charge is 2.37. The first-order valence-electron chi connectivity index (χ1n) is 9.15. The maximum absolute atomic E-state index is 13.2. The van der Waals surface area contributed by atoms with E-state index in [9.17, 15) is 13.2 Å². The molecule has 2 bridgehead atoms. The molecule has 0 aliphatic carbocycles. The number of halogens is 3. The minimum absolute atomic E-state index is 0.349. The van der Waals surface area contributed by atoms with Crippen molar-refractivity contribution in [2.24, 2.45) is 0 Å². The number of hydrogen-bond donors (Lipinski definition) is 0. The van der Waals surface area contributed by atoms with Gasteiger partial charge in [-0.05, 0) is 42.9 Å². The summed E-state index contributed by atoms with van der Waals surface area (Å²) in [6, 6.07) is 17.2. The van der Waals surface area contributed by atoms with Crippen molar-refractivity contribution in [3.63, 3.8) is 0 Å². The summed E-state index contributed by atoms with van der Waals surface area (Å²) in [6.07, 6.45) is 1.43. The molecule has 0 aromatic heterocycles. The van der Waals surface area contributed by atoms with Gasteiger partial charge in [0, 0.05) is 18.6 Å².